The molecule has 1 unspecified atom stereocenters. The van der Waals surface area contributed by atoms with Crippen molar-refractivity contribution in [2.75, 3.05) is 0 Å². The van der Waals surface area contributed by atoms with Crippen LogP contribution in [0.15, 0.2) is 5.38 Å². The van der Waals surface area contributed by atoms with Crippen molar-refractivity contribution in [2.45, 2.75) is 46.2 Å². The van der Waals surface area contributed by atoms with Gasteiger partial charge in [-0.2, -0.15) is 0 Å². The quantitative estimate of drug-likeness (QED) is 0.721. The van der Waals surface area contributed by atoms with Crippen molar-refractivity contribution >= 4 is 23.3 Å². The maximum Gasteiger partial charge on any atom is 0.355 e. The second-order valence-corrected chi connectivity index (χ2v) is 5.57. The van der Waals surface area contributed by atoms with E-state index in [1.54, 1.807) is 0 Å². The Morgan fingerprint density at radius 1 is 1.40 bits per heavy atom. The van der Waals surface area contributed by atoms with Gasteiger partial charge in [0.25, 0.3) is 0 Å². The zero-order valence-corrected chi connectivity index (χ0v) is 12.8. The van der Waals surface area contributed by atoms with Crippen LogP contribution in [0.4, 0.5) is 4.79 Å². The van der Waals surface area contributed by atoms with Crippen LogP contribution in [0.1, 0.15) is 49.1 Å². The Labute approximate surface area is 122 Å². The zero-order valence-electron chi connectivity index (χ0n) is 12.0. The van der Waals surface area contributed by atoms with Crippen molar-refractivity contribution in [3.8, 4) is 0 Å². The summed E-state index contributed by atoms with van der Waals surface area (Å²) >= 11 is 1.22. The second-order valence-electron chi connectivity index (χ2n) is 4.62. The number of aromatic nitrogens is 1. The maximum atomic E-state index is 11.7. The van der Waals surface area contributed by atoms with Crippen LogP contribution in [0.2, 0.25) is 0 Å². The van der Waals surface area contributed by atoms with Crippen LogP contribution in [0.3, 0.4) is 0 Å². The lowest BCUT2D eigenvalue weighted by Crippen LogP contribution is -2.43. The predicted molar refractivity (Wildman–Crippen MR) is 78.0 cm³/mol. The summed E-state index contributed by atoms with van der Waals surface area (Å²) in [5.41, 5.74) is 0.0117. The highest BCUT2D eigenvalue weighted by atomic mass is 32.1. The minimum absolute atomic E-state index is 0.0117. The van der Waals surface area contributed by atoms with E-state index >= 15 is 0 Å². The van der Waals surface area contributed by atoms with Gasteiger partial charge in [0.1, 0.15) is 5.01 Å². The van der Waals surface area contributed by atoms with E-state index in [9.17, 15) is 9.59 Å². The Morgan fingerprint density at radius 3 is 2.55 bits per heavy atom. The fraction of sp³-hybridized carbons (Fsp3) is 0.615. The summed E-state index contributed by atoms with van der Waals surface area (Å²) in [5, 5.41) is 16.4. The number of thiazole rings is 1. The van der Waals surface area contributed by atoms with Crippen LogP contribution in [0.25, 0.3) is 0 Å². The molecule has 0 fully saturated rings. The van der Waals surface area contributed by atoms with Crippen molar-refractivity contribution in [3.05, 3.63) is 16.1 Å². The number of hydrogen-bond donors (Lipinski definition) is 3. The van der Waals surface area contributed by atoms with Crippen LogP contribution in [0.5, 0.6) is 0 Å². The maximum absolute atomic E-state index is 11.7. The van der Waals surface area contributed by atoms with Crippen LogP contribution >= 0.6 is 11.3 Å². The molecule has 0 bridgehead atoms. The average Bonchev–Trinajstić information content (AvgIpc) is 2.86. The van der Waals surface area contributed by atoms with E-state index < -0.39 is 5.97 Å². The molecular formula is C13H21N3O3S. The standard InChI is InChI=1S/C13H21N3O3S/c1-4-9(5-2)8(3)15-13(19)14-6-11-16-10(7-20-11)12(17)18/h7-9H,4-6H2,1-3H3,(H,17,18)(H2,14,15,19). The number of carboxylic acid groups (broad SMARTS) is 1. The van der Waals surface area contributed by atoms with E-state index in [1.165, 1.54) is 16.7 Å². The lowest BCUT2D eigenvalue weighted by molar-refractivity contribution is 0.0691. The Kier molecular flexibility index (Phi) is 6.44. The molecule has 7 heteroatoms. The zero-order chi connectivity index (χ0) is 15.1. The monoisotopic (exact) mass is 299 g/mol. The molecule has 20 heavy (non-hydrogen) atoms. The first kappa shape index (κ1) is 16.4. The normalized spacial score (nSPS) is 12.2. The minimum Gasteiger partial charge on any atom is -0.476 e. The van der Waals surface area contributed by atoms with Gasteiger partial charge in [0.05, 0.1) is 6.54 Å². The third-order valence-corrected chi connectivity index (χ3v) is 4.13. The number of nitrogens with one attached hydrogen (secondary N) is 2. The number of carboxylic acids is 1. The summed E-state index contributed by atoms with van der Waals surface area (Å²) in [6, 6.07) is -0.146. The molecule has 1 aromatic rings. The molecule has 1 atom stereocenters. The molecule has 6 nitrogen and oxygen atoms in total. The van der Waals surface area contributed by atoms with E-state index in [0.717, 1.165) is 12.8 Å². The van der Waals surface area contributed by atoms with E-state index in [1.807, 2.05) is 6.92 Å². The third kappa shape index (κ3) is 4.80. The molecule has 112 valence electrons. The number of rotatable bonds is 7. The van der Waals surface area contributed by atoms with Crippen molar-refractivity contribution in [1.82, 2.24) is 15.6 Å². The number of aromatic carboxylic acids is 1. The summed E-state index contributed by atoms with van der Waals surface area (Å²) in [5.74, 6) is -0.599. The number of amides is 2. The number of hydrogen-bond acceptors (Lipinski definition) is 4. The number of carbonyl (C=O) groups is 2. The molecule has 0 saturated heterocycles. The Bertz CT molecular complexity index is 457. The first-order chi connectivity index (χ1) is 9.47. The van der Waals surface area contributed by atoms with E-state index in [0.29, 0.717) is 10.9 Å². The molecule has 0 saturated carbocycles. The van der Waals surface area contributed by atoms with Gasteiger partial charge in [0, 0.05) is 11.4 Å². The molecule has 1 aromatic heterocycles. The van der Waals surface area contributed by atoms with Crippen LogP contribution < -0.4 is 10.6 Å². The molecule has 3 N–H and O–H groups in total. The number of carbonyl (C=O) groups excluding carboxylic acids is 1. The van der Waals surface area contributed by atoms with Gasteiger partial charge in [0.15, 0.2) is 5.69 Å². The van der Waals surface area contributed by atoms with Crippen molar-refractivity contribution < 1.29 is 14.7 Å². The van der Waals surface area contributed by atoms with Gasteiger partial charge in [-0.1, -0.05) is 26.7 Å². The van der Waals surface area contributed by atoms with Gasteiger partial charge in [-0.05, 0) is 12.8 Å². The molecule has 0 aromatic carbocycles. The fourth-order valence-corrected chi connectivity index (χ4v) is 2.73. The Hall–Kier alpha value is -1.63. The first-order valence-electron chi connectivity index (χ1n) is 6.69. The van der Waals surface area contributed by atoms with Gasteiger partial charge in [-0.25, -0.2) is 14.6 Å². The topological polar surface area (TPSA) is 91.3 Å². The first-order valence-corrected chi connectivity index (χ1v) is 7.57. The summed E-state index contributed by atoms with van der Waals surface area (Å²) in [6.07, 6.45) is 2.04. The third-order valence-electron chi connectivity index (χ3n) is 3.29. The fourth-order valence-electron chi connectivity index (χ4n) is 2.02. The molecule has 0 aliphatic carbocycles. The van der Waals surface area contributed by atoms with Crippen molar-refractivity contribution in [1.29, 1.82) is 0 Å². The molecule has 2 amide bonds. The molecule has 0 radical (unpaired) electrons. The summed E-state index contributed by atoms with van der Waals surface area (Å²) in [6.45, 7) is 6.43. The summed E-state index contributed by atoms with van der Waals surface area (Å²) in [4.78, 5) is 26.3. The second kappa shape index (κ2) is 7.84. The van der Waals surface area contributed by atoms with Gasteiger partial charge in [-0.15, -0.1) is 11.3 Å². The summed E-state index contributed by atoms with van der Waals surface area (Å²) in [7, 11) is 0. The van der Waals surface area contributed by atoms with E-state index in [4.69, 9.17) is 5.11 Å². The summed E-state index contributed by atoms with van der Waals surface area (Å²) < 4.78 is 0. The minimum atomic E-state index is -1.06. The largest absolute Gasteiger partial charge is 0.476 e. The van der Waals surface area contributed by atoms with E-state index in [-0.39, 0.29) is 24.3 Å². The van der Waals surface area contributed by atoms with Gasteiger partial charge in [-0.3, -0.25) is 0 Å². The smallest absolute Gasteiger partial charge is 0.355 e. The SMILES string of the molecule is CCC(CC)C(C)NC(=O)NCc1nc(C(=O)O)cs1. The van der Waals surface area contributed by atoms with Gasteiger partial charge >= 0.3 is 12.0 Å². The lowest BCUT2D eigenvalue weighted by atomic mass is 9.96. The van der Waals surface area contributed by atoms with Gasteiger partial charge in [0.2, 0.25) is 0 Å². The Morgan fingerprint density at radius 2 is 2.05 bits per heavy atom. The average molecular weight is 299 g/mol. The molecular weight excluding hydrogens is 278 g/mol. The highest BCUT2D eigenvalue weighted by molar-refractivity contribution is 7.09. The van der Waals surface area contributed by atoms with Crippen LogP contribution in [-0.2, 0) is 6.54 Å². The number of nitrogens with zero attached hydrogens (tertiary/aromatic N) is 1. The lowest BCUT2D eigenvalue weighted by Gasteiger charge is -2.22. The molecule has 0 aliphatic rings. The van der Waals surface area contributed by atoms with Crippen molar-refractivity contribution in [2.24, 2.45) is 5.92 Å². The highest BCUT2D eigenvalue weighted by Gasteiger charge is 2.16. The molecule has 1 heterocycles. The molecule has 0 aliphatic heterocycles. The van der Waals surface area contributed by atoms with Gasteiger partial charge < -0.3 is 15.7 Å². The highest BCUT2D eigenvalue weighted by Crippen LogP contribution is 2.12. The van der Waals surface area contributed by atoms with Crippen molar-refractivity contribution in [3.63, 3.8) is 0 Å². The predicted octanol–water partition coefficient (Wildman–Crippen LogP) is 2.47. The number of urea groups is 1. The molecule has 1 rings (SSSR count). The molecule has 0 spiro atoms. The van der Waals surface area contributed by atoms with Crippen LogP contribution in [0, 0.1) is 5.92 Å². The van der Waals surface area contributed by atoms with Crippen LogP contribution in [-0.4, -0.2) is 28.1 Å². The Balaban J connectivity index is 2.40. The van der Waals surface area contributed by atoms with E-state index in [2.05, 4.69) is 29.5 Å².